The maximum atomic E-state index is 11.6. The van der Waals surface area contributed by atoms with Crippen molar-refractivity contribution < 1.29 is 4.79 Å². The van der Waals surface area contributed by atoms with Gasteiger partial charge in [0.2, 0.25) is 0 Å². The quantitative estimate of drug-likeness (QED) is 0.835. The van der Waals surface area contributed by atoms with Crippen molar-refractivity contribution in [2.45, 2.75) is 13.0 Å². The van der Waals surface area contributed by atoms with E-state index in [-0.39, 0.29) is 11.9 Å². The third kappa shape index (κ3) is 3.90. The number of benzene rings is 1. The smallest absolute Gasteiger partial charge is 0.251 e. The molecule has 1 rings (SSSR count). The van der Waals surface area contributed by atoms with Crippen LogP contribution in [0.4, 0.5) is 0 Å². The highest BCUT2D eigenvalue weighted by molar-refractivity contribution is 6.35. The Bertz CT molecular complexity index is 347. The van der Waals surface area contributed by atoms with E-state index in [1.54, 1.807) is 18.2 Å². The van der Waals surface area contributed by atoms with Crippen LogP contribution in [0, 0.1) is 0 Å². The molecule has 2 nitrogen and oxygen atoms in total. The summed E-state index contributed by atoms with van der Waals surface area (Å²) in [5.74, 6) is 0.132. The predicted octanol–water partition coefficient (Wildman–Crippen LogP) is 3.35. The Hall–Kier alpha value is -0.440. The molecule has 0 aromatic heterocycles. The maximum Gasteiger partial charge on any atom is 0.251 e. The molecule has 0 aliphatic heterocycles. The van der Waals surface area contributed by atoms with Crippen LogP contribution in [-0.4, -0.2) is 17.8 Å². The van der Waals surface area contributed by atoms with Gasteiger partial charge in [-0.05, 0) is 25.1 Å². The molecule has 0 radical (unpaired) electrons. The van der Waals surface area contributed by atoms with Crippen LogP contribution in [0.25, 0.3) is 0 Å². The van der Waals surface area contributed by atoms with E-state index in [0.717, 1.165) is 0 Å². The summed E-state index contributed by atoms with van der Waals surface area (Å²) in [5.41, 5.74) is 0.435. The first-order valence-corrected chi connectivity index (χ1v) is 5.65. The Balaban J connectivity index is 2.82. The average Bonchev–Trinajstić information content (AvgIpc) is 2.16. The molecule has 1 atom stereocenters. The molecule has 0 saturated carbocycles. The molecule has 0 aliphatic carbocycles. The predicted molar refractivity (Wildman–Crippen MR) is 64.1 cm³/mol. The number of hydrogen-bond acceptors (Lipinski definition) is 1. The lowest BCUT2D eigenvalue weighted by Crippen LogP contribution is -2.33. The Morgan fingerprint density at radius 1 is 1.33 bits per heavy atom. The second-order valence-corrected chi connectivity index (χ2v) is 4.37. The van der Waals surface area contributed by atoms with Crippen LogP contribution >= 0.6 is 34.8 Å². The molecule has 0 bridgehead atoms. The van der Waals surface area contributed by atoms with E-state index in [2.05, 4.69) is 5.32 Å². The molecule has 0 spiro atoms. The van der Waals surface area contributed by atoms with Crippen LogP contribution in [-0.2, 0) is 0 Å². The second-order valence-electron chi connectivity index (χ2n) is 3.19. The summed E-state index contributed by atoms with van der Waals surface area (Å²) in [6.07, 6.45) is 0. The molecule has 82 valence electrons. The van der Waals surface area contributed by atoms with Crippen molar-refractivity contribution >= 4 is 40.7 Å². The van der Waals surface area contributed by atoms with Gasteiger partial charge in [-0.3, -0.25) is 4.79 Å². The third-order valence-corrected chi connectivity index (χ3v) is 2.63. The van der Waals surface area contributed by atoms with Gasteiger partial charge in [-0.15, -0.1) is 11.6 Å². The van der Waals surface area contributed by atoms with Crippen molar-refractivity contribution in [3.8, 4) is 0 Å². The molecule has 15 heavy (non-hydrogen) atoms. The first-order chi connectivity index (χ1) is 7.02. The Morgan fingerprint density at radius 2 is 1.87 bits per heavy atom. The maximum absolute atomic E-state index is 11.6. The van der Waals surface area contributed by atoms with E-state index in [0.29, 0.717) is 21.5 Å². The fourth-order valence-electron chi connectivity index (χ4n) is 1.03. The van der Waals surface area contributed by atoms with Gasteiger partial charge in [0.05, 0.1) is 0 Å². The lowest BCUT2D eigenvalue weighted by Gasteiger charge is -2.10. The van der Waals surface area contributed by atoms with Gasteiger partial charge >= 0.3 is 0 Å². The van der Waals surface area contributed by atoms with E-state index >= 15 is 0 Å². The minimum Gasteiger partial charge on any atom is -0.348 e. The lowest BCUT2D eigenvalue weighted by molar-refractivity contribution is 0.0943. The summed E-state index contributed by atoms with van der Waals surface area (Å²) in [5, 5.41) is 3.58. The molecule has 0 saturated heterocycles. The highest BCUT2D eigenvalue weighted by Crippen LogP contribution is 2.18. The Morgan fingerprint density at radius 3 is 2.33 bits per heavy atom. The Labute approximate surface area is 104 Å². The minimum atomic E-state index is -0.229. The molecular weight excluding hydrogens is 256 g/mol. The van der Waals surface area contributed by atoms with E-state index in [1.165, 1.54) is 0 Å². The van der Waals surface area contributed by atoms with Gasteiger partial charge < -0.3 is 5.32 Å². The van der Waals surface area contributed by atoms with E-state index in [1.807, 2.05) is 6.92 Å². The summed E-state index contributed by atoms with van der Waals surface area (Å²) >= 11 is 17.1. The monoisotopic (exact) mass is 265 g/mol. The van der Waals surface area contributed by atoms with Crippen LogP contribution in [0.3, 0.4) is 0 Å². The summed E-state index contributed by atoms with van der Waals surface area (Å²) in [7, 11) is 0. The lowest BCUT2D eigenvalue weighted by atomic mass is 10.2. The van der Waals surface area contributed by atoms with E-state index < -0.39 is 0 Å². The van der Waals surface area contributed by atoms with Crippen LogP contribution in [0.5, 0.6) is 0 Å². The molecule has 1 aromatic rings. The fourth-order valence-corrected chi connectivity index (χ4v) is 1.63. The van der Waals surface area contributed by atoms with E-state index in [4.69, 9.17) is 34.8 Å². The van der Waals surface area contributed by atoms with Gasteiger partial charge in [0.15, 0.2) is 0 Å². The first-order valence-electron chi connectivity index (χ1n) is 4.36. The average molecular weight is 267 g/mol. The molecule has 1 amide bonds. The molecular formula is C10H10Cl3NO. The fraction of sp³-hybridized carbons (Fsp3) is 0.300. The van der Waals surface area contributed by atoms with Gasteiger partial charge in [-0.2, -0.15) is 0 Å². The Kier molecular flexibility index (Phi) is 4.71. The molecule has 1 unspecified atom stereocenters. The summed E-state index contributed by atoms with van der Waals surface area (Å²) in [4.78, 5) is 11.6. The number of halogens is 3. The first kappa shape index (κ1) is 12.6. The third-order valence-electron chi connectivity index (χ3n) is 1.73. The zero-order valence-corrected chi connectivity index (χ0v) is 10.3. The number of hydrogen-bond donors (Lipinski definition) is 1. The number of carbonyl (C=O) groups excluding carboxylic acids is 1. The number of carbonyl (C=O) groups is 1. The zero-order chi connectivity index (χ0) is 11.4. The van der Waals surface area contributed by atoms with Gasteiger partial charge in [0.25, 0.3) is 5.91 Å². The molecule has 0 heterocycles. The van der Waals surface area contributed by atoms with Crippen molar-refractivity contribution in [2.75, 3.05) is 5.88 Å². The van der Waals surface area contributed by atoms with Gasteiger partial charge in [0.1, 0.15) is 0 Å². The molecule has 0 fully saturated rings. The second kappa shape index (κ2) is 5.59. The number of alkyl halides is 1. The highest BCUT2D eigenvalue weighted by atomic mass is 35.5. The minimum absolute atomic E-state index is 0.0862. The molecule has 1 aromatic carbocycles. The van der Waals surface area contributed by atoms with Crippen molar-refractivity contribution in [3.63, 3.8) is 0 Å². The normalized spacial score (nSPS) is 12.3. The van der Waals surface area contributed by atoms with Crippen LogP contribution in [0.15, 0.2) is 18.2 Å². The summed E-state index contributed by atoms with van der Waals surface area (Å²) in [6.45, 7) is 1.82. The summed E-state index contributed by atoms with van der Waals surface area (Å²) < 4.78 is 0. The van der Waals surface area contributed by atoms with Crippen molar-refractivity contribution in [1.29, 1.82) is 0 Å². The molecule has 0 aliphatic rings. The van der Waals surface area contributed by atoms with Crippen molar-refractivity contribution in [3.05, 3.63) is 33.8 Å². The van der Waals surface area contributed by atoms with Crippen LogP contribution in [0.2, 0.25) is 10.0 Å². The van der Waals surface area contributed by atoms with E-state index in [9.17, 15) is 4.79 Å². The van der Waals surface area contributed by atoms with Gasteiger partial charge in [0, 0.05) is 27.5 Å². The molecule has 1 N–H and O–H groups in total. The standard InChI is InChI=1S/C10H10Cl3NO/c1-6(5-11)14-10(15)7-2-8(12)4-9(13)3-7/h2-4,6H,5H2,1H3,(H,14,15). The number of amides is 1. The van der Waals surface area contributed by atoms with Gasteiger partial charge in [-0.1, -0.05) is 23.2 Å². The van der Waals surface area contributed by atoms with Crippen molar-refractivity contribution in [1.82, 2.24) is 5.32 Å². The number of nitrogens with one attached hydrogen (secondary N) is 1. The van der Waals surface area contributed by atoms with Crippen molar-refractivity contribution in [2.24, 2.45) is 0 Å². The van der Waals surface area contributed by atoms with Gasteiger partial charge in [-0.25, -0.2) is 0 Å². The SMILES string of the molecule is CC(CCl)NC(=O)c1cc(Cl)cc(Cl)c1. The molecule has 5 heteroatoms. The highest BCUT2D eigenvalue weighted by Gasteiger charge is 2.10. The zero-order valence-electron chi connectivity index (χ0n) is 8.06. The van der Waals surface area contributed by atoms with Crippen LogP contribution < -0.4 is 5.32 Å². The topological polar surface area (TPSA) is 29.1 Å². The number of rotatable bonds is 3. The summed E-state index contributed by atoms with van der Waals surface area (Å²) in [6, 6.07) is 4.61. The largest absolute Gasteiger partial charge is 0.348 e. The van der Waals surface area contributed by atoms with Crippen LogP contribution in [0.1, 0.15) is 17.3 Å².